The highest BCUT2D eigenvalue weighted by atomic mass is 31.2. The molecule has 0 saturated carbocycles. The van der Waals surface area contributed by atoms with Gasteiger partial charge in [-0.2, -0.15) is 0 Å². The number of rotatable bonds is 17. The molecule has 0 radical (unpaired) electrons. The van der Waals surface area contributed by atoms with E-state index in [1.807, 2.05) is 6.92 Å². The fraction of sp³-hybridized carbons (Fsp3) is 0.440. The van der Waals surface area contributed by atoms with Crippen LogP contribution in [0, 0.1) is 5.92 Å². The average Bonchev–Trinajstić information content (AvgIpc) is 3.41. The Balaban J connectivity index is 2.11. The SMILES string of the molecule is CCCCC[C@@H](C(=O)NCNC(=O)c1ccc(-c2cc(OCC(=O)O)cc(P(=O)(O)O)c2)o1)[C@@H](CC)N(O)C=O. The van der Waals surface area contributed by atoms with Crippen molar-refractivity contribution in [2.75, 3.05) is 13.3 Å². The molecule has 2 aromatic rings. The summed E-state index contributed by atoms with van der Waals surface area (Å²) in [6.07, 6.45) is 3.53. The third kappa shape index (κ3) is 9.49. The molecule has 3 amide bonds. The number of carboxylic acid groups (broad SMARTS) is 1. The lowest BCUT2D eigenvalue weighted by Crippen LogP contribution is -2.47. The lowest BCUT2D eigenvalue weighted by molar-refractivity contribution is -0.168. The Morgan fingerprint density at radius 1 is 1.12 bits per heavy atom. The minimum absolute atomic E-state index is 0.0448. The van der Waals surface area contributed by atoms with Crippen LogP contribution >= 0.6 is 7.60 Å². The summed E-state index contributed by atoms with van der Waals surface area (Å²) in [4.78, 5) is 66.5. The van der Waals surface area contributed by atoms with Gasteiger partial charge in [0.15, 0.2) is 12.4 Å². The van der Waals surface area contributed by atoms with Crippen molar-refractivity contribution in [2.24, 2.45) is 5.92 Å². The van der Waals surface area contributed by atoms with Crippen molar-refractivity contribution in [1.82, 2.24) is 15.7 Å². The molecule has 1 aromatic heterocycles. The number of carbonyl (C=O) groups excluding carboxylic acids is 3. The Bertz CT molecular complexity index is 1230. The van der Waals surface area contributed by atoms with E-state index in [0.29, 0.717) is 24.3 Å². The third-order valence-corrected chi connectivity index (χ3v) is 6.93. The minimum Gasteiger partial charge on any atom is -0.482 e. The molecule has 2 atom stereocenters. The second-order valence-corrected chi connectivity index (χ2v) is 10.5. The molecule has 40 heavy (non-hydrogen) atoms. The number of carbonyl (C=O) groups is 4. The second kappa shape index (κ2) is 15.2. The fourth-order valence-corrected chi connectivity index (χ4v) is 4.62. The Hall–Kier alpha value is -3.71. The quantitative estimate of drug-likeness (QED) is 0.0394. The van der Waals surface area contributed by atoms with Crippen LogP contribution in [0.5, 0.6) is 5.75 Å². The summed E-state index contributed by atoms with van der Waals surface area (Å²) >= 11 is 0. The number of amides is 3. The number of benzene rings is 1. The van der Waals surface area contributed by atoms with Gasteiger partial charge in [0.05, 0.1) is 23.9 Å². The predicted octanol–water partition coefficient (Wildman–Crippen LogP) is 1.84. The first-order valence-corrected chi connectivity index (χ1v) is 14.2. The smallest absolute Gasteiger partial charge is 0.356 e. The molecule has 0 spiro atoms. The molecular weight excluding hydrogens is 549 g/mol. The van der Waals surface area contributed by atoms with E-state index in [1.54, 1.807) is 6.92 Å². The van der Waals surface area contributed by atoms with Crippen LogP contribution < -0.4 is 20.7 Å². The van der Waals surface area contributed by atoms with Gasteiger partial charge in [0, 0.05) is 5.56 Å². The molecule has 220 valence electrons. The number of nitrogens with zero attached hydrogens (tertiary/aromatic N) is 1. The monoisotopic (exact) mass is 583 g/mol. The van der Waals surface area contributed by atoms with E-state index < -0.39 is 49.3 Å². The van der Waals surface area contributed by atoms with Crippen molar-refractivity contribution in [2.45, 2.75) is 52.0 Å². The summed E-state index contributed by atoms with van der Waals surface area (Å²) in [5.41, 5.74) is 0.123. The van der Waals surface area contributed by atoms with E-state index in [1.165, 1.54) is 18.2 Å². The highest BCUT2D eigenvalue weighted by molar-refractivity contribution is 7.60. The van der Waals surface area contributed by atoms with Crippen molar-refractivity contribution in [3.8, 4) is 17.1 Å². The van der Waals surface area contributed by atoms with Crippen LogP contribution in [0.25, 0.3) is 11.3 Å². The summed E-state index contributed by atoms with van der Waals surface area (Å²) in [6, 6.07) is 5.39. The van der Waals surface area contributed by atoms with Gasteiger partial charge in [0.1, 0.15) is 11.5 Å². The maximum Gasteiger partial charge on any atom is 0.356 e. The highest BCUT2D eigenvalue weighted by Crippen LogP contribution is 2.37. The van der Waals surface area contributed by atoms with Crippen LogP contribution in [0.4, 0.5) is 0 Å². The van der Waals surface area contributed by atoms with Gasteiger partial charge in [0.2, 0.25) is 12.3 Å². The fourth-order valence-electron chi connectivity index (χ4n) is 4.01. The molecule has 14 nitrogen and oxygen atoms in total. The number of nitrogens with one attached hydrogen (secondary N) is 2. The molecule has 6 N–H and O–H groups in total. The van der Waals surface area contributed by atoms with E-state index in [4.69, 9.17) is 14.3 Å². The Morgan fingerprint density at radius 2 is 1.85 bits per heavy atom. The molecule has 0 fully saturated rings. The summed E-state index contributed by atoms with van der Waals surface area (Å²) in [5.74, 6) is -3.40. The number of furan rings is 1. The largest absolute Gasteiger partial charge is 0.482 e. The Kier molecular flexibility index (Phi) is 12.3. The average molecular weight is 584 g/mol. The van der Waals surface area contributed by atoms with Gasteiger partial charge in [0.25, 0.3) is 5.91 Å². The van der Waals surface area contributed by atoms with Gasteiger partial charge < -0.3 is 34.7 Å². The first kappa shape index (κ1) is 32.5. The summed E-state index contributed by atoms with van der Waals surface area (Å²) in [6.45, 7) is 2.73. The van der Waals surface area contributed by atoms with Gasteiger partial charge in [-0.1, -0.05) is 33.1 Å². The first-order valence-electron chi connectivity index (χ1n) is 12.6. The van der Waals surface area contributed by atoms with Gasteiger partial charge in [-0.25, -0.2) is 9.86 Å². The minimum atomic E-state index is -4.74. The van der Waals surface area contributed by atoms with Gasteiger partial charge in [-0.15, -0.1) is 0 Å². The maximum absolute atomic E-state index is 12.9. The number of hydroxylamine groups is 2. The van der Waals surface area contributed by atoms with Crippen molar-refractivity contribution < 1.29 is 53.0 Å². The van der Waals surface area contributed by atoms with E-state index >= 15 is 0 Å². The van der Waals surface area contributed by atoms with Crippen LogP contribution in [-0.2, 0) is 18.9 Å². The lowest BCUT2D eigenvalue weighted by Gasteiger charge is -2.29. The lowest BCUT2D eigenvalue weighted by atomic mass is 9.90. The molecule has 0 unspecified atom stereocenters. The molecule has 0 bridgehead atoms. The van der Waals surface area contributed by atoms with E-state index in [9.17, 15) is 38.7 Å². The Labute approximate surface area is 230 Å². The molecule has 15 heteroatoms. The summed E-state index contributed by atoms with van der Waals surface area (Å²) in [7, 11) is -4.74. The molecule has 0 saturated heterocycles. The molecule has 2 rings (SSSR count). The molecular formula is C25H34N3O11P. The highest BCUT2D eigenvalue weighted by Gasteiger charge is 2.30. The zero-order valence-electron chi connectivity index (χ0n) is 22.1. The van der Waals surface area contributed by atoms with Crippen molar-refractivity contribution in [3.05, 3.63) is 36.1 Å². The molecule has 0 aliphatic heterocycles. The number of hydrogen-bond donors (Lipinski definition) is 6. The first-order chi connectivity index (χ1) is 18.9. The van der Waals surface area contributed by atoms with Crippen molar-refractivity contribution in [1.29, 1.82) is 0 Å². The van der Waals surface area contributed by atoms with Gasteiger partial charge in [-0.05, 0) is 43.2 Å². The number of ether oxygens (including phenoxy) is 1. The number of hydrogen-bond acceptors (Lipinski definition) is 8. The normalized spacial score (nSPS) is 12.7. The van der Waals surface area contributed by atoms with Crippen LogP contribution in [0.2, 0.25) is 0 Å². The van der Waals surface area contributed by atoms with Crippen LogP contribution in [-0.4, -0.2) is 68.7 Å². The van der Waals surface area contributed by atoms with Crippen LogP contribution in [0.15, 0.2) is 34.7 Å². The summed E-state index contributed by atoms with van der Waals surface area (Å²) < 4.78 is 22.4. The number of carboxylic acids is 1. The molecule has 0 aliphatic carbocycles. The van der Waals surface area contributed by atoms with E-state index in [2.05, 4.69) is 10.6 Å². The number of aliphatic carboxylic acids is 1. The van der Waals surface area contributed by atoms with Crippen molar-refractivity contribution >= 4 is 37.1 Å². The van der Waals surface area contributed by atoms with E-state index in [0.717, 1.165) is 25.0 Å². The molecule has 1 heterocycles. The third-order valence-electron chi connectivity index (χ3n) is 6.00. The standard InChI is InChI=1S/C25H34N3O11P/c1-3-5-6-7-19(20(4-2)28(34)15-29)24(32)26-14-27-25(33)22-9-8-21(39-22)16-10-17(38-13-23(30)31)12-18(11-16)40(35,36)37/h8-12,15,19-20,34H,3-7,13-14H2,1-2H3,(H,26,32)(H,27,33)(H,30,31)(H2,35,36,37)/t19-,20-/m1/s1. The second-order valence-electron chi connectivity index (χ2n) is 8.89. The van der Waals surface area contributed by atoms with Crippen LogP contribution in [0.3, 0.4) is 0 Å². The van der Waals surface area contributed by atoms with Gasteiger partial charge in [-0.3, -0.25) is 24.2 Å². The van der Waals surface area contributed by atoms with Crippen molar-refractivity contribution in [3.63, 3.8) is 0 Å². The Morgan fingerprint density at radius 3 is 2.45 bits per heavy atom. The topological polar surface area (TPSA) is 216 Å². The van der Waals surface area contributed by atoms with Gasteiger partial charge >= 0.3 is 13.6 Å². The predicted molar refractivity (Wildman–Crippen MR) is 141 cm³/mol. The molecule has 0 aliphatic rings. The van der Waals surface area contributed by atoms with E-state index in [-0.39, 0.29) is 35.9 Å². The zero-order valence-corrected chi connectivity index (χ0v) is 23.0. The summed E-state index contributed by atoms with van der Waals surface area (Å²) in [5, 5.41) is 23.8. The zero-order chi connectivity index (χ0) is 29.9. The molecule has 1 aromatic carbocycles. The van der Waals surface area contributed by atoms with Crippen LogP contribution in [0.1, 0.15) is 56.5 Å². The number of unbranched alkanes of at least 4 members (excludes halogenated alkanes) is 2. The maximum atomic E-state index is 12.9.